The van der Waals surface area contributed by atoms with Gasteiger partial charge in [0.2, 0.25) is 5.91 Å². The van der Waals surface area contributed by atoms with Gasteiger partial charge >= 0.3 is 0 Å². The molecule has 1 aliphatic heterocycles. The third-order valence-corrected chi connectivity index (χ3v) is 2.84. The number of nitrogens with two attached hydrogens (primary N) is 1. The van der Waals surface area contributed by atoms with Crippen LogP contribution in [0.4, 0.5) is 5.82 Å². The van der Waals surface area contributed by atoms with Crippen LogP contribution in [-0.2, 0) is 10.3 Å². The van der Waals surface area contributed by atoms with E-state index in [0.29, 0.717) is 6.42 Å². The van der Waals surface area contributed by atoms with Crippen molar-refractivity contribution in [1.82, 2.24) is 4.98 Å². The van der Waals surface area contributed by atoms with Crippen LogP contribution < -0.4 is 10.6 Å². The summed E-state index contributed by atoms with van der Waals surface area (Å²) in [5.74, 6) is 0.891. The van der Waals surface area contributed by atoms with E-state index in [9.17, 15) is 4.79 Å². The van der Waals surface area contributed by atoms with Crippen molar-refractivity contribution in [2.75, 3.05) is 11.4 Å². The number of hydrogen-bond donors (Lipinski definition) is 1. The highest BCUT2D eigenvalue weighted by Crippen LogP contribution is 2.22. The van der Waals surface area contributed by atoms with Gasteiger partial charge < -0.3 is 5.73 Å². The first kappa shape index (κ1) is 11.1. The summed E-state index contributed by atoms with van der Waals surface area (Å²) in [5, 5.41) is 0. The number of carbonyl (C=O) groups excluding carboxylic acids is 1. The van der Waals surface area contributed by atoms with Gasteiger partial charge in [-0.1, -0.05) is 6.07 Å². The molecule has 0 radical (unpaired) electrons. The highest BCUT2D eigenvalue weighted by Gasteiger charge is 2.23. The Morgan fingerprint density at radius 1 is 1.44 bits per heavy atom. The first-order valence-electron chi connectivity index (χ1n) is 5.54. The van der Waals surface area contributed by atoms with Crippen LogP contribution in [0.25, 0.3) is 0 Å². The molecule has 2 N–H and O–H groups in total. The molecule has 0 bridgehead atoms. The second-order valence-corrected chi connectivity index (χ2v) is 4.78. The lowest BCUT2D eigenvalue weighted by Gasteiger charge is -2.20. The van der Waals surface area contributed by atoms with Crippen LogP contribution in [0.5, 0.6) is 0 Å². The molecule has 2 heterocycles. The summed E-state index contributed by atoms with van der Waals surface area (Å²) in [4.78, 5) is 17.5. The highest BCUT2D eigenvalue weighted by atomic mass is 16.2. The van der Waals surface area contributed by atoms with Crippen molar-refractivity contribution in [3.05, 3.63) is 23.9 Å². The van der Waals surface area contributed by atoms with Gasteiger partial charge in [-0.05, 0) is 31.9 Å². The molecule has 0 aromatic carbocycles. The second-order valence-electron chi connectivity index (χ2n) is 4.78. The van der Waals surface area contributed by atoms with Gasteiger partial charge in [0.15, 0.2) is 0 Å². The van der Waals surface area contributed by atoms with E-state index in [1.807, 2.05) is 26.0 Å². The molecule has 1 aromatic heterocycles. The van der Waals surface area contributed by atoms with E-state index >= 15 is 0 Å². The molecule has 0 spiro atoms. The van der Waals surface area contributed by atoms with E-state index in [-0.39, 0.29) is 11.4 Å². The van der Waals surface area contributed by atoms with E-state index in [1.54, 1.807) is 11.1 Å². The molecule has 1 aliphatic rings. The normalized spacial score (nSPS) is 16.9. The number of pyridine rings is 1. The Morgan fingerprint density at radius 2 is 2.19 bits per heavy atom. The molecule has 0 saturated carbocycles. The third kappa shape index (κ3) is 2.07. The number of aromatic nitrogens is 1. The number of anilines is 1. The topological polar surface area (TPSA) is 59.2 Å². The van der Waals surface area contributed by atoms with Gasteiger partial charge in [0.05, 0.1) is 0 Å². The molecule has 0 atom stereocenters. The number of hydrogen-bond acceptors (Lipinski definition) is 3. The fourth-order valence-electron chi connectivity index (χ4n) is 1.82. The molecule has 1 amide bonds. The van der Waals surface area contributed by atoms with Crippen LogP contribution in [0, 0.1) is 0 Å². The summed E-state index contributed by atoms with van der Waals surface area (Å²) in [6.45, 7) is 4.65. The fourth-order valence-corrected chi connectivity index (χ4v) is 1.82. The molecular formula is C12H17N3O. The second kappa shape index (κ2) is 3.87. The predicted molar refractivity (Wildman–Crippen MR) is 63.0 cm³/mol. The number of carbonyl (C=O) groups is 1. The Bertz CT molecular complexity index is 392. The van der Waals surface area contributed by atoms with Gasteiger partial charge in [0.1, 0.15) is 5.82 Å². The molecule has 2 rings (SSSR count). The standard InChI is InChI=1S/C12H17N3O/c1-12(2,13)9-5-6-10(14-8-9)15-7-3-4-11(15)16/h5-6,8H,3-4,7,13H2,1-2H3. The summed E-state index contributed by atoms with van der Waals surface area (Å²) in [5.41, 5.74) is 6.55. The van der Waals surface area contributed by atoms with Gasteiger partial charge in [-0.3, -0.25) is 9.69 Å². The van der Waals surface area contributed by atoms with Crippen LogP contribution in [0.1, 0.15) is 32.3 Å². The van der Waals surface area contributed by atoms with Crippen molar-refractivity contribution in [2.24, 2.45) is 5.73 Å². The van der Waals surface area contributed by atoms with Gasteiger partial charge in [-0.2, -0.15) is 0 Å². The molecule has 1 saturated heterocycles. The maximum atomic E-state index is 11.5. The summed E-state index contributed by atoms with van der Waals surface area (Å²) >= 11 is 0. The van der Waals surface area contributed by atoms with Crippen molar-refractivity contribution in [2.45, 2.75) is 32.2 Å². The Hall–Kier alpha value is -1.42. The van der Waals surface area contributed by atoms with Crippen molar-refractivity contribution in [1.29, 1.82) is 0 Å². The quantitative estimate of drug-likeness (QED) is 0.818. The Balaban J connectivity index is 2.22. The first-order chi connectivity index (χ1) is 7.48. The van der Waals surface area contributed by atoms with Crippen LogP contribution in [-0.4, -0.2) is 17.4 Å². The zero-order valence-corrected chi connectivity index (χ0v) is 9.73. The lowest BCUT2D eigenvalue weighted by Crippen LogP contribution is -2.29. The predicted octanol–water partition coefficient (Wildman–Crippen LogP) is 1.40. The first-order valence-corrected chi connectivity index (χ1v) is 5.54. The molecule has 4 heteroatoms. The van der Waals surface area contributed by atoms with E-state index in [0.717, 1.165) is 24.3 Å². The minimum Gasteiger partial charge on any atom is -0.322 e. The van der Waals surface area contributed by atoms with E-state index in [4.69, 9.17) is 5.73 Å². The molecule has 0 unspecified atom stereocenters. The summed E-state index contributed by atoms with van der Waals surface area (Å²) in [7, 11) is 0. The highest BCUT2D eigenvalue weighted by molar-refractivity contribution is 5.94. The van der Waals surface area contributed by atoms with Crippen LogP contribution >= 0.6 is 0 Å². The van der Waals surface area contributed by atoms with Gasteiger partial charge in [0.25, 0.3) is 0 Å². The molecular weight excluding hydrogens is 202 g/mol. The van der Waals surface area contributed by atoms with Crippen LogP contribution in [0.15, 0.2) is 18.3 Å². The summed E-state index contributed by atoms with van der Waals surface area (Å²) in [6.07, 6.45) is 3.30. The zero-order valence-electron chi connectivity index (χ0n) is 9.73. The Morgan fingerprint density at radius 3 is 2.62 bits per heavy atom. The number of rotatable bonds is 2. The third-order valence-electron chi connectivity index (χ3n) is 2.84. The molecule has 1 aromatic rings. The average Bonchev–Trinajstić information content (AvgIpc) is 2.63. The summed E-state index contributed by atoms with van der Waals surface area (Å²) < 4.78 is 0. The molecule has 86 valence electrons. The lowest BCUT2D eigenvalue weighted by atomic mass is 9.98. The van der Waals surface area contributed by atoms with Gasteiger partial charge in [0, 0.05) is 24.7 Å². The SMILES string of the molecule is CC(C)(N)c1ccc(N2CCCC2=O)nc1. The Kier molecular flexibility index (Phi) is 2.68. The monoisotopic (exact) mass is 219 g/mol. The van der Waals surface area contributed by atoms with Crippen molar-refractivity contribution >= 4 is 11.7 Å². The van der Waals surface area contributed by atoms with Crippen LogP contribution in [0.2, 0.25) is 0 Å². The largest absolute Gasteiger partial charge is 0.322 e. The maximum absolute atomic E-state index is 11.5. The van der Waals surface area contributed by atoms with Crippen molar-refractivity contribution < 1.29 is 4.79 Å². The Labute approximate surface area is 95.5 Å². The number of nitrogens with zero attached hydrogens (tertiary/aromatic N) is 2. The molecule has 1 fully saturated rings. The number of amides is 1. The minimum atomic E-state index is -0.388. The molecule has 4 nitrogen and oxygen atoms in total. The van der Waals surface area contributed by atoms with E-state index in [1.165, 1.54) is 0 Å². The minimum absolute atomic E-state index is 0.159. The zero-order chi connectivity index (χ0) is 11.8. The summed E-state index contributed by atoms with van der Waals surface area (Å²) in [6, 6.07) is 3.81. The van der Waals surface area contributed by atoms with Crippen molar-refractivity contribution in [3.8, 4) is 0 Å². The van der Waals surface area contributed by atoms with Gasteiger partial charge in [-0.15, -0.1) is 0 Å². The van der Waals surface area contributed by atoms with E-state index < -0.39 is 0 Å². The van der Waals surface area contributed by atoms with Crippen LogP contribution in [0.3, 0.4) is 0 Å². The van der Waals surface area contributed by atoms with Crippen molar-refractivity contribution in [3.63, 3.8) is 0 Å². The lowest BCUT2D eigenvalue weighted by molar-refractivity contribution is -0.117. The van der Waals surface area contributed by atoms with E-state index in [2.05, 4.69) is 4.98 Å². The molecule has 0 aliphatic carbocycles. The van der Waals surface area contributed by atoms with Gasteiger partial charge in [-0.25, -0.2) is 4.98 Å². The molecule has 16 heavy (non-hydrogen) atoms. The maximum Gasteiger partial charge on any atom is 0.228 e. The smallest absolute Gasteiger partial charge is 0.228 e. The average molecular weight is 219 g/mol. The fraction of sp³-hybridized carbons (Fsp3) is 0.500.